The van der Waals surface area contributed by atoms with Crippen LogP contribution in [0.1, 0.15) is 50.4 Å². The number of benzene rings is 1. The summed E-state index contributed by atoms with van der Waals surface area (Å²) < 4.78 is 1.10. The first-order valence-electron chi connectivity index (χ1n) is 8.96. The first-order valence-corrected chi connectivity index (χ1v) is 9.78. The van der Waals surface area contributed by atoms with E-state index in [9.17, 15) is 4.79 Å². The van der Waals surface area contributed by atoms with Gasteiger partial charge in [-0.25, -0.2) is 4.98 Å². The topological polar surface area (TPSA) is 45.2 Å². The van der Waals surface area contributed by atoms with Gasteiger partial charge in [-0.05, 0) is 49.3 Å². The molecule has 0 radical (unpaired) electrons. The number of hydrogen-bond donors (Lipinski definition) is 1. The first-order chi connectivity index (χ1) is 11.5. The maximum Gasteiger partial charge on any atom is 0.251 e. The minimum atomic E-state index is 0.0132. The zero-order valence-corrected chi connectivity index (χ0v) is 15.7. The van der Waals surface area contributed by atoms with Crippen LogP contribution in [0.2, 0.25) is 0 Å². The molecule has 0 spiro atoms. The van der Waals surface area contributed by atoms with Gasteiger partial charge in [0.15, 0.2) is 5.13 Å². The number of piperidine rings is 1. The van der Waals surface area contributed by atoms with Gasteiger partial charge in [0.25, 0.3) is 5.91 Å². The molecule has 2 aromatic rings. The standard InChI is InChI=1S/C19H27N3OS/c1-13(2)6-9-20-18(23)15-4-5-16-17(12-15)24-19(21-16)22-10-7-14(3)8-11-22/h4-5,12-14H,6-11H2,1-3H3,(H,20,23). The lowest BCUT2D eigenvalue weighted by atomic mass is 10.00. The first kappa shape index (κ1) is 17.2. The lowest BCUT2D eigenvalue weighted by Crippen LogP contribution is -2.32. The number of carbonyl (C=O) groups excluding carboxylic acids is 1. The maximum absolute atomic E-state index is 12.3. The van der Waals surface area contributed by atoms with Gasteiger partial charge in [0.1, 0.15) is 0 Å². The molecule has 2 heterocycles. The molecule has 0 atom stereocenters. The summed E-state index contributed by atoms with van der Waals surface area (Å²) in [6.07, 6.45) is 3.48. The number of nitrogens with zero attached hydrogens (tertiary/aromatic N) is 2. The third-order valence-electron chi connectivity index (χ3n) is 4.70. The summed E-state index contributed by atoms with van der Waals surface area (Å²) in [5.74, 6) is 1.43. The van der Waals surface area contributed by atoms with Crippen molar-refractivity contribution >= 4 is 32.6 Å². The second-order valence-corrected chi connectivity index (χ2v) is 8.30. The number of hydrogen-bond acceptors (Lipinski definition) is 4. The Bertz CT molecular complexity index is 702. The molecule has 0 aliphatic carbocycles. The van der Waals surface area contributed by atoms with E-state index in [0.29, 0.717) is 5.92 Å². The summed E-state index contributed by atoms with van der Waals surface area (Å²) in [6, 6.07) is 5.84. The van der Waals surface area contributed by atoms with E-state index in [1.807, 2.05) is 18.2 Å². The lowest BCUT2D eigenvalue weighted by molar-refractivity contribution is 0.0952. The zero-order valence-electron chi connectivity index (χ0n) is 14.8. The van der Waals surface area contributed by atoms with E-state index in [1.165, 1.54) is 12.8 Å². The predicted molar refractivity (Wildman–Crippen MR) is 102 cm³/mol. The summed E-state index contributed by atoms with van der Waals surface area (Å²) >= 11 is 1.70. The minimum Gasteiger partial charge on any atom is -0.352 e. The molecule has 0 bridgehead atoms. The Labute approximate surface area is 148 Å². The van der Waals surface area contributed by atoms with E-state index >= 15 is 0 Å². The molecule has 0 saturated carbocycles. The molecule has 5 heteroatoms. The molecule has 1 aromatic carbocycles. The summed E-state index contributed by atoms with van der Waals surface area (Å²) in [5.41, 5.74) is 1.72. The molecule has 3 rings (SSSR count). The van der Waals surface area contributed by atoms with Crippen LogP contribution in [-0.2, 0) is 0 Å². The highest BCUT2D eigenvalue weighted by molar-refractivity contribution is 7.22. The third-order valence-corrected chi connectivity index (χ3v) is 5.78. The van der Waals surface area contributed by atoms with Gasteiger partial charge < -0.3 is 10.2 Å². The molecule has 1 fully saturated rings. The predicted octanol–water partition coefficient (Wildman–Crippen LogP) is 4.31. The Kier molecular flexibility index (Phi) is 5.39. The Balaban J connectivity index is 1.70. The molecule has 1 amide bonds. The van der Waals surface area contributed by atoms with Crippen molar-refractivity contribution in [3.63, 3.8) is 0 Å². The van der Waals surface area contributed by atoms with Crippen LogP contribution >= 0.6 is 11.3 Å². The van der Waals surface area contributed by atoms with E-state index in [2.05, 4.69) is 31.0 Å². The zero-order chi connectivity index (χ0) is 17.1. The fourth-order valence-electron chi connectivity index (χ4n) is 2.97. The molecule has 24 heavy (non-hydrogen) atoms. The largest absolute Gasteiger partial charge is 0.352 e. The van der Waals surface area contributed by atoms with Crippen LogP contribution in [0.15, 0.2) is 18.2 Å². The van der Waals surface area contributed by atoms with Crippen molar-refractivity contribution in [1.29, 1.82) is 0 Å². The molecule has 1 aliphatic rings. The van der Waals surface area contributed by atoms with Crippen LogP contribution < -0.4 is 10.2 Å². The van der Waals surface area contributed by atoms with Gasteiger partial charge in [-0.15, -0.1) is 0 Å². The van der Waals surface area contributed by atoms with Crippen molar-refractivity contribution < 1.29 is 4.79 Å². The number of nitrogens with one attached hydrogen (secondary N) is 1. The van der Waals surface area contributed by atoms with Gasteiger partial charge in [-0.1, -0.05) is 32.1 Å². The number of amides is 1. The van der Waals surface area contributed by atoms with Gasteiger partial charge in [0.2, 0.25) is 0 Å². The quantitative estimate of drug-likeness (QED) is 0.878. The Morgan fingerprint density at radius 2 is 2.12 bits per heavy atom. The Morgan fingerprint density at radius 1 is 1.38 bits per heavy atom. The van der Waals surface area contributed by atoms with Crippen LogP contribution in [0.4, 0.5) is 5.13 Å². The average molecular weight is 346 g/mol. The number of carbonyl (C=O) groups is 1. The molecule has 1 aliphatic heterocycles. The number of aromatic nitrogens is 1. The second kappa shape index (κ2) is 7.51. The third kappa shape index (κ3) is 4.07. The van der Waals surface area contributed by atoms with Crippen molar-refractivity contribution in [1.82, 2.24) is 10.3 Å². The number of thiazole rings is 1. The summed E-state index contributed by atoms with van der Waals surface area (Å²) in [4.78, 5) is 19.4. The van der Waals surface area contributed by atoms with Gasteiger partial charge in [0, 0.05) is 25.2 Å². The van der Waals surface area contributed by atoms with Gasteiger partial charge in [0.05, 0.1) is 10.2 Å². The Hall–Kier alpha value is -1.62. The van der Waals surface area contributed by atoms with Crippen LogP contribution in [0.3, 0.4) is 0 Å². The number of anilines is 1. The van der Waals surface area contributed by atoms with Crippen LogP contribution in [0.5, 0.6) is 0 Å². The van der Waals surface area contributed by atoms with E-state index in [-0.39, 0.29) is 5.91 Å². The fourth-order valence-corrected chi connectivity index (χ4v) is 4.02. The van der Waals surface area contributed by atoms with E-state index in [4.69, 9.17) is 4.98 Å². The highest BCUT2D eigenvalue weighted by Gasteiger charge is 2.19. The summed E-state index contributed by atoms with van der Waals surface area (Å²) in [7, 11) is 0. The summed E-state index contributed by atoms with van der Waals surface area (Å²) in [5, 5.41) is 4.10. The lowest BCUT2D eigenvalue weighted by Gasteiger charge is -2.29. The van der Waals surface area contributed by atoms with Crippen molar-refractivity contribution in [2.24, 2.45) is 11.8 Å². The smallest absolute Gasteiger partial charge is 0.251 e. The molecular weight excluding hydrogens is 318 g/mol. The fraction of sp³-hybridized carbons (Fsp3) is 0.579. The van der Waals surface area contributed by atoms with Crippen LogP contribution in [-0.4, -0.2) is 30.5 Å². The van der Waals surface area contributed by atoms with Gasteiger partial charge in [-0.2, -0.15) is 0 Å². The van der Waals surface area contributed by atoms with Crippen molar-refractivity contribution in [2.45, 2.75) is 40.0 Å². The van der Waals surface area contributed by atoms with E-state index in [0.717, 1.165) is 52.9 Å². The number of fused-ring (bicyclic) bond motifs is 1. The molecule has 1 N–H and O–H groups in total. The van der Waals surface area contributed by atoms with Crippen LogP contribution in [0.25, 0.3) is 10.2 Å². The van der Waals surface area contributed by atoms with Gasteiger partial charge in [-0.3, -0.25) is 4.79 Å². The molecule has 0 unspecified atom stereocenters. The summed E-state index contributed by atoms with van der Waals surface area (Å²) in [6.45, 7) is 9.55. The van der Waals surface area contributed by atoms with E-state index < -0.39 is 0 Å². The maximum atomic E-state index is 12.3. The molecule has 4 nitrogen and oxygen atoms in total. The van der Waals surface area contributed by atoms with Crippen LogP contribution in [0, 0.1) is 11.8 Å². The number of rotatable bonds is 5. The normalized spacial score (nSPS) is 16.1. The molecule has 1 aromatic heterocycles. The molecular formula is C19H27N3OS. The second-order valence-electron chi connectivity index (χ2n) is 7.29. The monoisotopic (exact) mass is 345 g/mol. The van der Waals surface area contributed by atoms with Crippen molar-refractivity contribution in [2.75, 3.05) is 24.5 Å². The van der Waals surface area contributed by atoms with Crippen molar-refractivity contribution in [3.05, 3.63) is 23.8 Å². The minimum absolute atomic E-state index is 0.0132. The molecule has 130 valence electrons. The van der Waals surface area contributed by atoms with Crippen molar-refractivity contribution in [3.8, 4) is 0 Å². The SMILES string of the molecule is CC(C)CCNC(=O)c1ccc2nc(N3CCC(C)CC3)sc2c1. The average Bonchev–Trinajstić information content (AvgIpc) is 2.98. The Morgan fingerprint density at radius 3 is 2.83 bits per heavy atom. The highest BCUT2D eigenvalue weighted by atomic mass is 32.1. The highest BCUT2D eigenvalue weighted by Crippen LogP contribution is 2.32. The van der Waals surface area contributed by atoms with Gasteiger partial charge >= 0.3 is 0 Å². The molecule has 1 saturated heterocycles. The van der Waals surface area contributed by atoms with E-state index in [1.54, 1.807) is 11.3 Å².